The number of aliphatic carboxylic acids is 1. The van der Waals surface area contributed by atoms with Gasteiger partial charge in [0.15, 0.2) is 12.9 Å². The third-order valence-electron chi connectivity index (χ3n) is 0.847. The van der Waals surface area contributed by atoms with Gasteiger partial charge in [0, 0.05) is 0 Å². The number of rotatable bonds is 4. The molecule has 64 valence electrons. The molecule has 0 heterocycles. The van der Waals surface area contributed by atoms with Crippen molar-refractivity contribution in [1.82, 2.24) is 0 Å². The molecule has 0 radical (unpaired) electrons. The highest BCUT2D eigenvalue weighted by Gasteiger charge is 2.19. The third-order valence-corrected chi connectivity index (χ3v) is 0.847. The number of hydrogen-bond donors (Lipinski definition) is 3. The van der Waals surface area contributed by atoms with Gasteiger partial charge in [0.25, 0.3) is 0 Å². The molecule has 0 aliphatic rings. The monoisotopic (exact) mass is 164 g/mol. The van der Waals surface area contributed by atoms with Crippen LogP contribution >= 0.6 is 0 Å². The van der Waals surface area contributed by atoms with Gasteiger partial charge in [0.2, 0.25) is 0 Å². The average Bonchev–Trinajstić information content (AvgIpc) is 1.86. The predicted molar refractivity (Wildman–Crippen MR) is 31.4 cm³/mol. The number of esters is 1. The molecule has 0 bridgehead atoms. The van der Waals surface area contributed by atoms with Crippen LogP contribution in [0, 0.1) is 0 Å². The molecule has 1 unspecified atom stereocenters. The zero-order valence-corrected chi connectivity index (χ0v) is 5.56. The Morgan fingerprint density at radius 2 is 2.00 bits per heavy atom. The first-order valence-electron chi connectivity index (χ1n) is 2.75. The minimum atomic E-state index is -1.71. The fourth-order valence-electron chi connectivity index (χ4n) is 0.409. The zero-order chi connectivity index (χ0) is 8.85. The Labute approximate surface area is 62.0 Å². The van der Waals surface area contributed by atoms with E-state index in [9.17, 15) is 9.59 Å². The molecular formula is C5H8O6. The first-order chi connectivity index (χ1) is 5.07. The summed E-state index contributed by atoms with van der Waals surface area (Å²) in [5, 5.41) is 24.7. The van der Waals surface area contributed by atoms with E-state index in [0.717, 1.165) is 0 Å². The maximum atomic E-state index is 10.4. The van der Waals surface area contributed by atoms with E-state index in [0.29, 0.717) is 0 Å². The molecule has 0 spiro atoms. The Hall–Kier alpha value is -1.14. The van der Waals surface area contributed by atoms with Crippen molar-refractivity contribution in [2.24, 2.45) is 0 Å². The van der Waals surface area contributed by atoms with Crippen LogP contribution in [0.1, 0.15) is 6.42 Å². The Kier molecular flexibility index (Phi) is 4.16. The van der Waals surface area contributed by atoms with Crippen LogP contribution in [0.4, 0.5) is 0 Å². The van der Waals surface area contributed by atoms with Crippen molar-refractivity contribution >= 4 is 11.9 Å². The molecule has 6 heteroatoms. The lowest BCUT2D eigenvalue weighted by Crippen LogP contribution is -2.26. The van der Waals surface area contributed by atoms with Crippen molar-refractivity contribution in [2.75, 3.05) is 6.79 Å². The summed E-state index contributed by atoms with van der Waals surface area (Å²) in [7, 11) is 0. The van der Waals surface area contributed by atoms with Crippen molar-refractivity contribution in [3.8, 4) is 0 Å². The van der Waals surface area contributed by atoms with E-state index in [4.69, 9.17) is 15.3 Å². The number of carboxylic acid groups (broad SMARTS) is 1. The van der Waals surface area contributed by atoms with E-state index >= 15 is 0 Å². The van der Waals surface area contributed by atoms with E-state index in [2.05, 4.69) is 4.74 Å². The van der Waals surface area contributed by atoms with Crippen LogP contribution in [0.3, 0.4) is 0 Å². The van der Waals surface area contributed by atoms with Crippen LogP contribution < -0.4 is 0 Å². The van der Waals surface area contributed by atoms with Gasteiger partial charge in [-0.2, -0.15) is 0 Å². The second-order valence-electron chi connectivity index (χ2n) is 1.71. The summed E-state index contributed by atoms with van der Waals surface area (Å²) < 4.78 is 3.91. The fourth-order valence-corrected chi connectivity index (χ4v) is 0.409. The Morgan fingerprint density at radius 1 is 1.45 bits per heavy atom. The summed E-state index contributed by atoms with van der Waals surface area (Å²) in [6.07, 6.45) is -2.43. The lowest BCUT2D eigenvalue weighted by molar-refractivity contribution is -0.165. The molecule has 0 amide bonds. The van der Waals surface area contributed by atoms with E-state index in [1.54, 1.807) is 0 Å². The lowest BCUT2D eigenvalue weighted by atomic mass is 10.2. The molecule has 1 atom stereocenters. The molecule has 0 aliphatic heterocycles. The average molecular weight is 164 g/mol. The maximum absolute atomic E-state index is 10.4. The number of aliphatic hydroxyl groups excluding tert-OH is 2. The van der Waals surface area contributed by atoms with Crippen molar-refractivity contribution in [3.05, 3.63) is 0 Å². The number of carbonyl (C=O) groups excluding carboxylic acids is 1. The van der Waals surface area contributed by atoms with Crippen molar-refractivity contribution < 1.29 is 29.6 Å². The molecule has 6 nitrogen and oxygen atoms in total. The van der Waals surface area contributed by atoms with Gasteiger partial charge < -0.3 is 20.1 Å². The summed E-state index contributed by atoms with van der Waals surface area (Å²) in [4.78, 5) is 20.3. The van der Waals surface area contributed by atoms with Crippen LogP contribution in [0.2, 0.25) is 0 Å². The van der Waals surface area contributed by atoms with Crippen LogP contribution in [0.15, 0.2) is 0 Å². The fraction of sp³-hybridized carbons (Fsp3) is 0.600. The second-order valence-corrected chi connectivity index (χ2v) is 1.71. The molecule has 0 fully saturated rings. The minimum Gasteiger partial charge on any atom is -0.481 e. The number of aliphatic hydroxyl groups is 2. The van der Waals surface area contributed by atoms with E-state index in [-0.39, 0.29) is 0 Å². The SMILES string of the molecule is O=C(O)CC(O)C(=O)OCO. The highest BCUT2D eigenvalue weighted by atomic mass is 16.6. The summed E-state index contributed by atoms with van der Waals surface area (Å²) in [6.45, 7) is -0.866. The smallest absolute Gasteiger partial charge is 0.337 e. The van der Waals surface area contributed by atoms with Gasteiger partial charge in [-0.3, -0.25) is 4.79 Å². The summed E-state index contributed by atoms with van der Waals surface area (Å²) in [5.74, 6) is -2.46. The predicted octanol–water partition coefficient (Wildman–Crippen LogP) is -1.69. The molecule has 0 aromatic heterocycles. The van der Waals surface area contributed by atoms with Crippen molar-refractivity contribution in [3.63, 3.8) is 0 Å². The van der Waals surface area contributed by atoms with E-state index in [1.807, 2.05) is 0 Å². The minimum absolute atomic E-state index is 0.723. The van der Waals surface area contributed by atoms with Gasteiger partial charge >= 0.3 is 11.9 Å². The largest absolute Gasteiger partial charge is 0.481 e. The molecule has 0 aliphatic carbocycles. The Bertz CT molecular complexity index is 153. The first-order valence-corrected chi connectivity index (χ1v) is 2.75. The quantitative estimate of drug-likeness (QED) is 0.338. The first kappa shape index (κ1) is 9.86. The molecular weight excluding hydrogens is 156 g/mol. The molecule has 0 saturated carbocycles. The number of carbonyl (C=O) groups is 2. The number of carboxylic acids is 1. The summed E-state index contributed by atoms with van der Waals surface area (Å²) in [6, 6.07) is 0. The van der Waals surface area contributed by atoms with Gasteiger partial charge in [0.05, 0.1) is 6.42 Å². The second kappa shape index (κ2) is 4.64. The van der Waals surface area contributed by atoms with Gasteiger partial charge in [-0.05, 0) is 0 Å². The van der Waals surface area contributed by atoms with E-state index in [1.165, 1.54) is 0 Å². The van der Waals surface area contributed by atoms with Gasteiger partial charge in [0.1, 0.15) is 0 Å². The summed E-state index contributed by atoms with van der Waals surface area (Å²) in [5.41, 5.74) is 0. The van der Waals surface area contributed by atoms with Gasteiger partial charge in [-0.1, -0.05) is 0 Å². The molecule has 11 heavy (non-hydrogen) atoms. The molecule has 3 N–H and O–H groups in total. The molecule has 0 aromatic carbocycles. The standard InChI is InChI=1S/C5H8O6/c6-2-11-5(10)3(7)1-4(8)9/h3,6-7H,1-2H2,(H,8,9). The van der Waals surface area contributed by atoms with E-state index < -0.39 is 31.3 Å². The maximum Gasteiger partial charge on any atom is 0.337 e. The molecule has 0 saturated heterocycles. The van der Waals surface area contributed by atoms with Crippen LogP contribution in [-0.4, -0.2) is 40.2 Å². The zero-order valence-electron chi connectivity index (χ0n) is 5.56. The normalized spacial score (nSPS) is 12.2. The van der Waals surface area contributed by atoms with Crippen LogP contribution in [0.5, 0.6) is 0 Å². The highest BCUT2D eigenvalue weighted by molar-refractivity contribution is 5.80. The number of hydrogen-bond acceptors (Lipinski definition) is 5. The topological polar surface area (TPSA) is 104 Å². The molecule has 0 aromatic rings. The molecule has 0 rings (SSSR count). The Morgan fingerprint density at radius 3 is 2.36 bits per heavy atom. The summed E-state index contributed by atoms with van der Waals surface area (Å²) >= 11 is 0. The highest BCUT2D eigenvalue weighted by Crippen LogP contribution is 1.94. The van der Waals surface area contributed by atoms with Crippen LogP contribution in [0.25, 0.3) is 0 Å². The van der Waals surface area contributed by atoms with Crippen LogP contribution in [-0.2, 0) is 14.3 Å². The van der Waals surface area contributed by atoms with Gasteiger partial charge in [-0.25, -0.2) is 4.79 Å². The number of ether oxygens (including phenoxy) is 1. The van der Waals surface area contributed by atoms with Crippen molar-refractivity contribution in [2.45, 2.75) is 12.5 Å². The van der Waals surface area contributed by atoms with Gasteiger partial charge in [-0.15, -0.1) is 0 Å². The Balaban J connectivity index is 3.73. The lowest BCUT2D eigenvalue weighted by Gasteiger charge is -2.04. The van der Waals surface area contributed by atoms with Crippen molar-refractivity contribution in [1.29, 1.82) is 0 Å². The third kappa shape index (κ3) is 4.29.